The normalized spacial score (nSPS) is 20.3. The molecule has 1 aliphatic rings. The molecule has 0 amide bonds. The van der Waals surface area contributed by atoms with Crippen LogP contribution in [-0.2, 0) is 32.6 Å². The first-order valence-electron chi connectivity index (χ1n) is 11.8. The Kier molecular flexibility index (Phi) is 9.55. The molecule has 3 N–H and O–H groups in total. The number of hydrogen-bond donors (Lipinski definition) is 3. The fourth-order valence-corrected chi connectivity index (χ4v) is 5.77. The number of aliphatic hydroxyl groups excluding tert-OH is 2. The number of hydrogen-bond acceptors (Lipinski definition) is 7. The maximum Gasteiger partial charge on any atom is 0.240 e. The Morgan fingerprint density at radius 1 is 0.861 bits per heavy atom. The molecule has 192 valence electrons. The van der Waals surface area contributed by atoms with Crippen molar-refractivity contribution < 1.29 is 28.1 Å². The molecule has 0 aliphatic carbocycles. The smallest absolute Gasteiger partial charge is 0.240 e. The second-order valence-corrected chi connectivity index (χ2v) is 11.4. The van der Waals surface area contributed by atoms with E-state index in [1.807, 2.05) is 48.5 Å². The molecular weight excluding hydrogens is 498 g/mol. The number of thioether (sulfide) groups is 1. The maximum absolute atomic E-state index is 12.5. The standard InChI is InChI=1S/C27H31NO6S2/c29-14-15-35-19-24-16-26(22-10-8-21(18-30)9-11-22)34-27(33-24)23-12-6-20(7-13-23)17-28-36(31,32)25-4-2-1-3-5-25/h1-13,24,26-30H,14-19H2/t24-,26+,27+/m1/s1. The third-order valence-corrected chi connectivity index (χ3v) is 8.42. The van der Waals surface area contributed by atoms with Gasteiger partial charge in [0.05, 0.1) is 30.3 Å². The van der Waals surface area contributed by atoms with Gasteiger partial charge in [-0.25, -0.2) is 13.1 Å². The molecule has 0 radical (unpaired) electrons. The quantitative estimate of drug-likeness (QED) is 0.323. The summed E-state index contributed by atoms with van der Waals surface area (Å²) < 4.78 is 40.2. The number of rotatable bonds is 11. The molecule has 3 aromatic carbocycles. The van der Waals surface area contributed by atoms with Gasteiger partial charge in [0.15, 0.2) is 6.29 Å². The highest BCUT2D eigenvalue weighted by atomic mass is 32.2. The Morgan fingerprint density at radius 2 is 1.53 bits per heavy atom. The van der Waals surface area contributed by atoms with Crippen molar-refractivity contribution >= 4 is 21.8 Å². The van der Waals surface area contributed by atoms with Crippen LogP contribution in [0.15, 0.2) is 83.8 Å². The van der Waals surface area contributed by atoms with Gasteiger partial charge in [-0.1, -0.05) is 66.7 Å². The van der Waals surface area contributed by atoms with Gasteiger partial charge in [0.25, 0.3) is 0 Å². The lowest BCUT2D eigenvalue weighted by molar-refractivity contribution is -0.245. The van der Waals surface area contributed by atoms with Crippen LogP contribution in [0.4, 0.5) is 0 Å². The Balaban J connectivity index is 1.44. The molecule has 9 heteroatoms. The zero-order chi connectivity index (χ0) is 25.4. The van der Waals surface area contributed by atoms with Crippen LogP contribution >= 0.6 is 11.8 Å². The minimum Gasteiger partial charge on any atom is -0.396 e. The molecule has 4 rings (SSSR count). The van der Waals surface area contributed by atoms with Gasteiger partial charge in [-0.15, -0.1) is 0 Å². The number of nitrogens with one attached hydrogen (secondary N) is 1. The van der Waals surface area contributed by atoms with Gasteiger partial charge in [0.1, 0.15) is 0 Å². The molecule has 1 aliphatic heterocycles. The van der Waals surface area contributed by atoms with E-state index in [1.165, 1.54) is 0 Å². The highest BCUT2D eigenvalue weighted by Gasteiger charge is 2.32. The summed E-state index contributed by atoms with van der Waals surface area (Å²) in [5.74, 6) is 1.39. The molecule has 0 saturated carbocycles. The van der Waals surface area contributed by atoms with E-state index in [2.05, 4.69) is 4.72 Å². The minimum absolute atomic E-state index is 0.00812. The Morgan fingerprint density at radius 3 is 2.19 bits per heavy atom. The zero-order valence-corrected chi connectivity index (χ0v) is 21.5. The van der Waals surface area contributed by atoms with Crippen molar-refractivity contribution in [1.29, 1.82) is 0 Å². The van der Waals surface area contributed by atoms with Crippen LogP contribution in [0.2, 0.25) is 0 Å². The predicted molar refractivity (Wildman–Crippen MR) is 140 cm³/mol. The molecular formula is C27H31NO6S2. The summed E-state index contributed by atoms with van der Waals surface area (Å²) in [4.78, 5) is 0.230. The van der Waals surface area contributed by atoms with Crippen LogP contribution in [-0.4, -0.2) is 42.8 Å². The topological polar surface area (TPSA) is 105 Å². The fraction of sp³-hybridized carbons (Fsp3) is 0.333. The third-order valence-electron chi connectivity index (χ3n) is 5.93. The van der Waals surface area contributed by atoms with E-state index in [4.69, 9.17) is 14.6 Å². The van der Waals surface area contributed by atoms with Crippen molar-refractivity contribution in [3.63, 3.8) is 0 Å². The van der Waals surface area contributed by atoms with Crippen molar-refractivity contribution in [2.24, 2.45) is 0 Å². The Hall–Kier alpha value is -2.24. The van der Waals surface area contributed by atoms with E-state index < -0.39 is 16.3 Å². The van der Waals surface area contributed by atoms with Gasteiger partial charge in [-0.2, -0.15) is 11.8 Å². The van der Waals surface area contributed by atoms with Crippen molar-refractivity contribution in [3.8, 4) is 0 Å². The lowest BCUT2D eigenvalue weighted by Gasteiger charge is -2.36. The minimum atomic E-state index is -3.59. The van der Waals surface area contributed by atoms with Crippen LogP contribution in [0.3, 0.4) is 0 Å². The summed E-state index contributed by atoms with van der Waals surface area (Å²) in [5, 5.41) is 18.5. The number of aliphatic hydroxyl groups is 2. The average molecular weight is 530 g/mol. The second-order valence-electron chi connectivity index (χ2n) is 8.53. The van der Waals surface area contributed by atoms with E-state index in [0.29, 0.717) is 12.2 Å². The number of ether oxygens (including phenoxy) is 2. The lowest BCUT2D eigenvalue weighted by atomic mass is 10.0. The van der Waals surface area contributed by atoms with Gasteiger partial charge in [0, 0.05) is 30.0 Å². The third kappa shape index (κ3) is 7.17. The SMILES string of the molecule is O=S(=O)(NCc1ccc([C@H]2O[C@@H](CSCCO)C[C@@H](c3ccc(CO)cc3)O2)cc1)c1ccccc1. The first kappa shape index (κ1) is 26.8. The van der Waals surface area contributed by atoms with Crippen molar-refractivity contribution in [2.75, 3.05) is 18.1 Å². The molecule has 0 spiro atoms. The maximum atomic E-state index is 12.5. The van der Waals surface area contributed by atoms with E-state index in [-0.39, 0.29) is 36.9 Å². The van der Waals surface area contributed by atoms with Crippen molar-refractivity contribution in [1.82, 2.24) is 4.72 Å². The first-order chi connectivity index (χ1) is 17.5. The summed E-state index contributed by atoms with van der Waals surface area (Å²) in [7, 11) is -3.59. The Labute approximate surface area is 216 Å². The van der Waals surface area contributed by atoms with Crippen LogP contribution in [0.5, 0.6) is 0 Å². The largest absolute Gasteiger partial charge is 0.396 e. The zero-order valence-electron chi connectivity index (χ0n) is 19.8. The van der Waals surface area contributed by atoms with Crippen LogP contribution in [0.1, 0.15) is 41.1 Å². The molecule has 7 nitrogen and oxygen atoms in total. The van der Waals surface area contributed by atoms with E-state index in [1.54, 1.807) is 42.1 Å². The van der Waals surface area contributed by atoms with Gasteiger partial charge in [-0.3, -0.25) is 0 Å². The first-order valence-corrected chi connectivity index (χ1v) is 14.4. The second kappa shape index (κ2) is 12.8. The monoisotopic (exact) mass is 529 g/mol. The summed E-state index contributed by atoms with van der Waals surface area (Å²) in [6.07, 6.45) is -0.114. The van der Waals surface area contributed by atoms with E-state index >= 15 is 0 Å². The molecule has 3 aromatic rings. The summed E-state index contributed by atoms with van der Waals surface area (Å²) in [6, 6.07) is 23.5. The van der Waals surface area contributed by atoms with Gasteiger partial charge in [0.2, 0.25) is 10.0 Å². The van der Waals surface area contributed by atoms with Gasteiger partial charge >= 0.3 is 0 Å². The molecule has 36 heavy (non-hydrogen) atoms. The van der Waals surface area contributed by atoms with Crippen molar-refractivity contribution in [3.05, 3.63) is 101 Å². The molecule has 3 atom stereocenters. The molecule has 0 unspecified atom stereocenters. The molecule has 1 heterocycles. The lowest BCUT2D eigenvalue weighted by Crippen LogP contribution is -2.31. The van der Waals surface area contributed by atoms with Crippen molar-refractivity contribution in [2.45, 2.75) is 43.0 Å². The molecule has 1 saturated heterocycles. The van der Waals surface area contributed by atoms with Crippen LogP contribution in [0.25, 0.3) is 0 Å². The predicted octanol–water partition coefficient (Wildman–Crippen LogP) is 3.93. The van der Waals surface area contributed by atoms with Gasteiger partial charge in [-0.05, 0) is 28.8 Å². The molecule has 1 fully saturated rings. The highest BCUT2D eigenvalue weighted by molar-refractivity contribution is 7.99. The number of benzene rings is 3. The average Bonchev–Trinajstić information content (AvgIpc) is 2.93. The van der Waals surface area contributed by atoms with Crippen LogP contribution in [0, 0.1) is 0 Å². The fourth-order valence-electron chi connectivity index (χ4n) is 3.96. The summed E-state index contributed by atoms with van der Waals surface area (Å²) in [6.45, 7) is 0.287. The number of sulfonamides is 1. The van der Waals surface area contributed by atoms with E-state index in [0.717, 1.165) is 28.0 Å². The van der Waals surface area contributed by atoms with Gasteiger partial charge < -0.3 is 19.7 Å². The molecule has 0 aromatic heterocycles. The summed E-state index contributed by atoms with van der Waals surface area (Å²) >= 11 is 1.64. The van der Waals surface area contributed by atoms with Crippen LogP contribution < -0.4 is 4.72 Å². The van der Waals surface area contributed by atoms with E-state index in [9.17, 15) is 13.5 Å². The highest BCUT2D eigenvalue weighted by Crippen LogP contribution is 2.38. The Bertz CT molecular complexity index is 1190. The summed E-state index contributed by atoms with van der Waals surface area (Å²) in [5.41, 5.74) is 3.53. The molecule has 0 bridgehead atoms.